The largest absolute Gasteiger partial charge is 0.478 e. The highest BCUT2D eigenvalue weighted by molar-refractivity contribution is 5.87. The number of esters is 2. The van der Waals surface area contributed by atoms with Gasteiger partial charge in [0.05, 0.1) is 12.5 Å². The van der Waals surface area contributed by atoms with Crippen LogP contribution in [0.1, 0.15) is 20.8 Å². The van der Waals surface area contributed by atoms with Gasteiger partial charge in [0.1, 0.15) is 0 Å². The summed E-state index contributed by atoms with van der Waals surface area (Å²) in [5.41, 5.74) is 0.555. The van der Waals surface area contributed by atoms with Crippen LogP contribution in [0.2, 0.25) is 0 Å². The molecule has 0 heterocycles. The molecule has 0 aromatic rings. The first-order valence-electron chi connectivity index (χ1n) is 5.24. The van der Waals surface area contributed by atoms with E-state index in [0.29, 0.717) is 5.57 Å². The summed E-state index contributed by atoms with van der Waals surface area (Å²) in [6.45, 7) is 17.2. The van der Waals surface area contributed by atoms with Gasteiger partial charge in [-0.05, 0) is 13.8 Å². The molecule has 0 fully saturated rings. The van der Waals surface area contributed by atoms with E-state index in [1.165, 1.54) is 13.8 Å². The fourth-order valence-corrected chi connectivity index (χ4v) is 0.294. The van der Waals surface area contributed by atoms with Crippen LogP contribution in [-0.2, 0) is 23.9 Å². The summed E-state index contributed by atoms with van der Waals surface area (Å²) < 4.78 is 8.50. The van der Waals surface area contributed by atoms with Crippen LogP contribution in [0.25, 0.3) is 0 Å². The molecule has 0 atom stereocenters. The van der Waals surface area contributed by atoms with Gasteiger partial charge in [0.2, 0.25) is 0 Å². The highest BCUT2D eigenvalue weighted by Crippen LogP contribution is 1.90. The number of carboxylic acids is 1. The Bertz CT molecular complexity index is 380. The molecule has 0 saturated carbocycles. The zero-order chi connectivity index (χ0) is 16.7. The van der Waals surface area contributed by atoms with Gasteiger partial charge in [-0.3, -0.25) is 4.79 Å². The molecule has 1 N–H and O–H groups in total. The van der Waals surface area contributed by atoms with Crippen molar-refractivity contribution in [2.24, 2.45) is 0 Å². The molecule has 0 radical (unpaired) electrons. The van der Waals surface area contributed by atoms with Crippen LogP contribution < -0.4 is 0 Å². The number of hydrogen-bond acceptors (Lipinski definition) is 5. The monoisotopic (exact) mass is 284 g/mol. The highest BCUT2D eigenvalue weighted by atomic mass is 16.5. The van der Waals surface area contributed by atoms with E-state index in [1.807, 2.05) is 0 Å². The van der Waals surface area contributed by atoms with E-state index >= 15 is 0 Å². The number of rotatable bonds is 4. The van der Waals surface area contributed by atoms with Gasteiger partial charge in [-0.2, -0.15) is 0 Å². The van der Waals surface area contributed by atoms with Crippen molar-refractivity contribution in [2.45, 2.75) is 20.8 Å². The Balaban J connectivity index is -0.000000221. The number of carbonyl (C=O) groups excluding carboxylic acids is 2. The number of carbonyl (C=O) groups is 3. The Morgan fingerprint density at radius 1 is 0.900 bits per heavy atom. The second-order valence-electron chi connectivity index (χ2n) is 3.21. The van der Waals surface area contributed by atoms with Gasteiger partial charge in [0.25, 0.3) is 0 Å². The maximum absolute atomic E-state index is 10.3. The predicted octanol–water partition coefficient (Wildman–Crippen LogP) is 2.59. The van der Waals surface area contributed by atoms with Crippen molar-refractivity contribution in [1.82, 2.24) is 0 Å². The second kappa shape index (κ2) is 14.4. The van der Waals surface area contributed by atoms with Crippen LogP contribution in [0.4, 0.5) is 0 Å². The Morgan fingerprint density at radius 3 is 1.30 bits per heavy atom. The first-order chi connectivity index (χ1) is 9.09. The highest BCUT2D eigenvalue weighted by Gasteiger charge is 1.97. The van der Waals surface area contributed by atoms with Crippen molar-refractivity contribution < 1.29 is 29.0 Å². The molecule has 0 unspecified atom stereocenters. The minimum atomic E-state index is -0.935. The molecule has 0 saturated heterocycles. The molecule has 0 aliphatic rings. The number of hydrogen-bond donors (Lipinski definition) is 1. The van der Waals surface area contributed by atoms with E-state index in [1.54, 1.807) is 6.92 Å². The molecule has 112 valence electrons. The van der Waals surface area contributed by atoms with E-state index in [0.717, 1.165) is 12.5 Å². The van der Waals surface area contributed by atoms with Crippen molar-refractivity contribution in [2.75, 3.05) is 0 Å². The lowest BCUT2D eigenvalue weighted by Gasteiger charge is -1.92. The molecule has 0 aromatic carbocycles. The predicted molar refractivity (Wildman–Crippen MR) is 75.5 cm³/mol. The average molecular weight is 284 g/mol. The topological polar surface area (TPSA) is 89.9 Å². The van der Waals surface area contributed by atoms with Crippen LogP contribution >= 0.6 is 0 Å². The molecule has 0 spiro atoms. The van der Waals surface area contributed by atoms with Gasteiger partial charge in [0, 0.05) is 18.1 Å². The van der Waals surface area contributed by atoms with Crippen molar-refractivity contribution >= 4 is 17.9 Å². The minimum Gasteiger partial charge on any atom is -0.478 e. The Labute approximate surface area is 118 Å². The summed E-state index contributed by atoms with van der Waals surface area (Å²) in [4.78, 5) is 29.7. The van der Waals surface area contributed by atoms with Gasteiger partial charge in [-0.1, -0.05) is 26.3 Å². The first-order valence-corrected chi connectivity index (χ1v) is 5.24. The molecule has 6 heteroatoms. The van der Waals surface area contributed by atoms with Gasteiger partial charge >= 0.3 is 17.9 Å². The standard InChI is InChI=1S/C6H8O2.2C4H6O2/c1-4-8-6(7)5(2)3;1-3-6-4(2)5;1-3(2)4(5)6/h4H,1-2H2,3H3;3H,1H2,2H3;1H2,2H3,(H,5,6). The minimum absolute atomic E-state index is 0.176. The SMILES string of the molecule is C=C(C)C(=O)O.C=COC(=O)C(=C)C.C=COC(C)=O. The van der Waals surface area contributed by atoms with Gasteiger partial charge in [-0.25, -0.2) is 9.59 Å². The zero-order valence-electron chi connectivity index (χ0n) is 12.0. The molecule has 0 aliphatic heterocycles. The van der Waals surface area contributed by atoms with Crippen LogP contribution in [0, 0.1) is 0 Å². The fraction of sp³-hybridized carbons (Fsp3) is 0.214. The smallest absolute Gasteiger partial charge is 0.337 e. The molecular weight excluding hydrogens is 264 g/mol. The Hall–Kier alpha value is -2.63. The summed E-state index contributed by atoms with van der Waals surface area (Å²) in [6.07, 6.45) is 2.18. The van der Waals surface area contributed by atoms with Crippen LogP contribution in [-0.4, -0.2) is 23.0 Å². The molecule has 0 amide bonds. The second-order valence-corrected chi connectivity index (χ2v) is 3.21. The van der Waals surface area contributed by atoms with Crippen LogP contribution in [0.5, 0.6) is 0 Å². The third-order valence-corrected chi connectivity index (χ3v) is 1.15. The summed E-state index contributed by atoms with van der Waals surface area (Å²) >= 11 is 0. The quantitative estimate of drug-likeness (QED) is 0.485. The van der Waals surface area contributed by atoms with E-state index in [2.05, 4.69) is 35.8 Å². The average Bonchev–Trinajstić information content (AvgIpc) is 2.30. The molecule has 6 nitrogen and oxygen atoms in total. The third-order valence-electron chi connectivity index (χ3n) is 1.15. The van der Waals surface area contributed by atoms with Gasteiger partial charge in [-0.15, -0.1) is 0 Å². The maximum atomic E-state index is 10.3. The molecule has 0 bridgehead atoms. The number of carboxylic acid groups (broad SMARTS) is 1. The molecular formula is C14H20O6. The van der Waals surface area contributed by atoms with E-state index in [9.17, 15) is 14.4 Å². The maximum Gasteiger partial charge on any atom is 0.337 e. The summed E-state index contributed by atoms with van der Waals surface area (Å²) in [7, 11) is 0. The van der Waals surface area contributed by atoms with Crippen molar-refractivity contribution in [1.29, 1.82) is 0 Å². The van der Waals surface area contributed by atoms with Crippen LogP contribution in [0.3, 0.4) is 0 Å². The Morgan fingerprint density at radius 2 is 1.25 bits per heavy atom. The number of ether oxygens (including phenoxy) is 2. The Kier molecular flexibility index (Phi) is 16.3. The lowest BCUT2D eigenvalue weighted by molar-refractivity contribution is -0.135. The third kappa shape index (κ3) is 24.6. The van der Waals surface area contributed by atoms with Crippen molar-refractivity contribution in [3.8, 4) is 0 Å². The van der Waals surface area contributed by atoms with E-state index < -0.39 is 11.9 Å². The lowest BCUT2D eigenvalue weighted by atomic mass is 10.4. The van der Waals surface area contributed by atoms with Crippen molar-refractivity contribution in [3.05, 3.63) is 50.0 Å². The van der Waals surface area contributed by atoms with Gasteiger partial charge in [0.15, 0.2) is 0 Å². The molecule has 0 rings (SSSR count). The fourth-order valence-electron chi connectivity index (χ4n) is 0.294. The summed E-state index contributed by atoms with van der Waals surface area (Å²) in [6, 6.07) is 0. The molecule has 20 heavy (non-hydrogen) atoms. The lowest BCUT2D eigenvalue weighted by Crippen LogP contribution is -1.98. The normalized spacial score (nSPS) is 7.35. The summed E-state index contributed by atoms with van der Waals surface area (Å²) in [5.74, 6) is -1.69. The van der Waals surface area contributed by atoms with Gasteiger partial charge < -0.3 is 14.6 Å². The van der Waals surface area contributed by atoms with Crippen molar-refractivity contribution in [3.63, 3.8) is 0 Å². The zero-order valence-corrected chi connectivity index (χ0v) is 12.0. The molecule has 0 aromatic heterocycles. The summed E-state index contributed by atoms with van der Waals surface area (Å²) in [5, 5.41) is 7.89. The molecule has 0 aliphatic carbocycles. The number of aliphatic carboxylic acids is 1. The van der Waals surface area contributed by atoms with E-state index in [-0.39, 0.29) is 11.5 Å². The van der Waals surface area contributed by atoms with Crippen LogP contribution in [0.15, 0.2) is 50.0 Å². The van der Waals surface area contributed by atoms with E-state index in [4.69, 9.17) is 5.11 Å². The first kappa shape index (κ1) is 22.5.